The summed E-state index contributed by atoms with van der Waals surface area (Å²) in [6.07, 6.45) is 4.34. The summed E-state index contributed by atoms with van der Waals surface area (Å²) >= 11 is 0. The van der Waals surface area contributed by atoms with E-state index in [1.807, 2.05) is 25.1 Å². The Morgan fingerprint density at radius 1 is 1.15 bits per heavy atom. The summed E-state index contributed by atoms with van der Waals surface area (Å²) in [6, 6.07) is 10.2. The molecule has 1 aliphatic heterocycles. The first-order valence-electron chi connectivity index (χ1n) is 8.96. The topological polar surface area (TPSA) is 75.4 Å². The molecule has 1 aromatic carbocycles. The Hall–Kier alpha value is -2.80. The standard InChI is InChI=1S/C19H22N6O/c1-14-7-10-25-17(22-23-19(25)21-14)18(26)20-12-15-5-4-6-16(11-15)13-24-8-2-3-9-24/h4-7,10-11H,2-3,8-9,12-13H2,1H3,(H,20,26). The van der Waals surface area contributed by atoms with E-state index in [0.717, 1.165) is 17.8 Å². The molecule has 0 atom stereocenters. The number of hydrogen-bond donors (Lipinski definition) is 1. The van der Waals surface area contributed by atoms with Gasteiger partial charge in [-0.1, -0.05) is 24.3 Å². The number of nitrogens with one attached hydrogen (secondary N) is 1. The van der Waals surface area contributed by atoms with Gasteiger partial charge in [0.1, 0.15) is 0 Å². The monoisotopic (exact) mass is 350 g/mol. The molecule has 3 aromatic rings. The van der Waals surface area contributed by atoms with Crippen molar-refractivity contribution in [1.82, 2.24) is 29.8 Å². The molecule has 0 aliphatic carbocycles. The molecular weight excluding hydrogens is 328 g/mol. The number of nitrogens with zero attached hydrogens (tertiary/aromatic N) is 5. The van der Waals surface area contributed by atoms with E-state index >= 15 is 0 Å². The van der Waals surface area contributed by atoms with Crippen LogP contribution in [0.25, 0.3) is 5.78 Å². The van der Waals surface area contributed by atoms with Crippen molar-refractivity contribution in [3.63, 3.8) is 0 Å². The van der Waals surface area contributed by atoms with Gasteiger partial charge in [0, 0.05) is 25.0 Å². The number of hydrogen-bond acceptors (Lipinski definition) is 5. The van der Waals surface area contributed by atoms with Crippen LogP contribution in [-0.2, 0) is 13.1 Å². The molecule has 0 saturated carbocycles. The highest BCUT2D eigenvalue weighted by molar-refractivity contribution is 5.91. The highest BCUT2D eigenvalue weighted by Gasteiger charge is 2.15. The molecule has 1 saturated heterocycles. The lowest BCUT2D eigenvalue weighted by Crippen LogP contribution is -2.25. The largest absolute Gasteiger partial charge is 0.345 e. The number of rotatable bonds is 5. The van der Waals surface area contributed by atoms with Gasteiger partial charge in [0.15, 0.2) is 0 Å². The van der Waals surface area contributed by atoms with E-state index in [4.69, 9.17) is 0 Å². The lowest BCUT2D eigenvalue weighted by Gasteiger charge is -2.15. The number of aromatic nitrogens is 4. The first kappa shape index (κ1) is 16.7. The number of carbonyl (C=O) groups is 1. The van der Waals surface area contributed by atoms with E-state index in [0.29, 0.717) is 12.3 Å². The Morgan fingerprint density at radius 3 is 2.81 bits per heavy atom. The second-order valence-corrected chi connectivity index (χ2v) is 6.75. The summed E-state index contributed by atoms with van der Waals surface area (Å²) in [5.41, 5.74) is 3.20. The molecule has 4 rings (SSSR count). The molecule has 0 spiro atoms. The van der Waals surface area contributed by atoms with Crippen LogP contribution < -0.4 is 5.32 Å². The molecule has 7 nitrogen and oxygen atoms in total. The second-order valence-electron chi connectivity index (χ2n) is 6.75. The van der Waals surface area contributed by atoms with Gasteiger partial charge in [-0.15, -0.1) is 10.2 Å². The minimum absolute atomic E-state index is 0.251. The minimum Gasteiger partial charge on any atom is -0.345 e. The number of likely N-dealkylation sites (tertiary alicyclic amines) is 1. The summed E-state index contributed by atoms with van der Waals surface area (Å²) in [7, 11) is 0. The zero-order valence-corrected chi connectivity index (χ0v) is 14.9. The third kappa shape index (κ3) is 3.57. The summed E-state index contributed by atoms with van der Waals surface area (Å²) in [6.45, 7) is 5.66. The predicted molar refractivity (Wildman–Crippen MR) is 97.6 cm³/mol. The van der Waals surface area contributed by atoms with Gasteiger partial charge in [-0.3, -0.25) is 14.1 Å². The average molecular weight is 350 g/mol. The van der Waals surface area contributed by atoms with Crippen LogP contribution >= 0.6 is 0 Å². The lowest BCUT2D eigenvalue weighted by molar-refractivity contribution is 0.0939. The molecule has 1 aliphatic rings. The van der Waals surface area contributed by atoms with Crippen molar-refractivity contribution in [2.45, 2.75) is 32.9 Å². The van der Waals surface area contributed by atoms with E-state index < -0.39 is 0 Å². The van der Waals surface area contributed by atoms with Crippen LogP contribution in [0.2, 0.25) is 0 Å². The molecule has 26 heavy (non-hydrogen) atoms. The first-order valence-corrected chi connectivity index (χ1v) is 8.96. The van der Waals surface area contributed by atoms with Crippen molar-refractivity contribution in [3.05, 3.63) is 59.2 Å². The molecular formula is C19H22N6O. The molecule has 134 valence electrons. The summed E-state index contributed by atoms with van der Waals surface area (Å²) in [5, 5.41) is 10.9. The Bertz CT molecular complexity index is 929. The molecule has 3 heterocycles. The SMILES string of the molecule is Cc1ccn2c(C(=O)NCc3cccc(CN4CCCC4)c3)nnc2n1. The van der Waals surface area contributed by atoms with Gasteiger partial charge in [0.05, 0.1) is 0 Å². The number of aryl methyl sites for hydroxylation is 1. The molecule has 1 fully saturated rings. The number of amides is 1. The normalized spacial score (nSPS) is 14.8. The van der Waals surface area contributed by atoms with Gasteiger partial charge < -0.3 is 5.32 Å². The van der Waals surface area contributed by atoms with E-state index in [-0.39, 0.29) is 11.7 Å². The maximum absolute atomic E-state index is 12.5. The molecule has 7 heteroatoms. The number of benzene rings is 1. The zero-order valence-electron chi connectivity index (χ0n) is 14.9. The molecule has 2 aromatic heterocycles. The highest BCUT2D eigenvalue weighted by Crippen LogP contribution is 2.14. The minimum atomic E-state index is -0.256. The number of fused-ring (bicyclic) bond motifs is 1. The smallest absolute Gasteiger partial charge is 0.289 e. The van der Waals surface area contributed by atoms with Crippen molar-refractivity contribution < 1.29 is 4.79 Å². The van der Waals surface area contributed by atoms with Crippen LogP contribution in [-0.4, -0.2) is 43.5 Å². The van der Waals surface area contributed by atoms with Gasteiger partial charge >= 0.3 is 0 Å². The van der Waals surface area contributed by atoms with Crippen molar-refractivity contribution in [2.75, 3.05) is 13.1 Å². The van der Waals surface area contributed by atoms with Crippen LogP contribution in [0.15, 0.2) is 36.5 Å². The van der Waals surface area contributed by atoms with E-state index in [9.17, 15) is 4.79 Å². The molecule has 0 radical (unpaired) electrons. The lowest BCUT2D eigenvalue weighted by atomic mass is 10.1. The first-order chi connectivity index (χ1) is 12.7. The quantitative estimate of drug-likeness (QED) is 0.761. The predicted octanol–water partition coefficient (Wildman–Crippen LogP) is 1.96. The van der Waals surface area contributed by atoms with Crippen LogP contribution in [0.3, 0.4) is 0 Å². The fraction of sp³-hybridized carbons (Fsp3) is 0.368. The highest BCUT2D eigenvalue weighted by atomic mass is 16.2. The summed E-state index contributed by atoms with van der Waals surface area (Å²) in [4.78, 5) is 19.2. The summed E-state index contributed by atoms with van der Waals surface area (Å²) in [5.74, 6) is 0.427. The van der Waals surface area contributed by atoms with Gasteiger partial charge in [-0.05, 0) is 50.0 Å². The maximum Gasteiger partial charge on any atom is 0.289 e. The average Bonchev–Trinajstić information content (AvgIpc) is 3.29. The number of carbonyl (C=O) groups excluding carboxylic acids is 1. The molecule has 0 unspecified atom stereocenters. The van der Waals surface area contributed by atoms with Gasteiger partial charge in [0.2, 0.25) is 5.82 Å². The zero-order chi connectivity index (χ0) is 17.9. The Balaban J connectivity index is 1.42. The van der Waals surface area contributed by atoms with Crippen molar-refractivity contribution >= 4 is 11.7 Å². The van der Waals surface area contributed by atoms with Crippen LogP contribution in [0.4, 0.5) is 0 Å². The van der Waals surface area contributed by atoms with Crippen molar-refractivity contribution in [2.24, 2.45) is 0 Å². The van der Waals surface area contributed by atoms with E-state index in [1.54, 1.807) is 10.6 Å². The summed E-state index contributed by atoms with van der Waals surface area (Å²) < 4.78 is 1.60. The van der Waals surface area contributed by atoms with Crippen LogP contribution in [0.5, 0.6) is 0 Å². The second kappa shape index (κ2) is 7.21. The van der Waals surface area contributed by atoms with Crippen LogP contribution in [0.1, 0.15) is 40.3 Å². The van der Waals surface area contributed by atoms with E-state index in [2.05, 4.69) is 37.5 Å². The molecule has 1 N–H and O–H groups in total. The van der Waals surface area contributed by atoms with Crippen LogP contribution in [0, 0.1) is 6.92 Å². The fourth-order valence-corrected chi connectivity index (χ4v) is 3.33. The van der Waals surface area contributed by atoms with Gasteiger partial charge in [0.25, 0.3) is 11.7 Å². The van der Waals surface area contributed by atoms with Crippen molar-refractivity contribution in [1.29, 1.82) is 0 Å². The fourth-order valence-electron chi connectivity index (χ4n) is 3.33. The third-order valence-corrected chi connectivity index (χ3v) is 4.67. The Morgan fingerprint density at radius 2 is 1.96 bits per heavy atom. The molecule has 0 bridgehead atoms. The molecule has 1 amide bonds. The maximum atomic E-state index is 12.5. The van der Waals surface area contributed by atoms with E-state index in [1.165, 1.54) is 31.5 Å². The van der Waals surface area contributed by atoms with Crippen molar-refractivity contribution in [3.8, 4) is 0 Å². The Labute approximate surface area is 152 Å². The third-order valence-electron chi connectivity index (χ3n) is 4.67. The van der Waals surface area contributed by atoms with Gasteiger partial charge in [-0.25, -0.2) is 4.98 Å². The van der Waals surface area contributed by atoms with Gasteiger partial charge in [-0.2, -0.15) is 0 Å². The Kier molecular flexibility index (Phi) is 4.62.